The maximum Gasteiger partial charge on any atom is 0.171 e. The summed E-state index contributed by atoms with van der Waals surface area (Å²) in [5.74, 6) is 0. The fraction of sp³-hybridized carbons (Fsp3) is 0.865. The Labute approximate surface area is 241 Å². The first-order chi connectivity index (χ1) is 18.9. The molecule has 0 saturated heterocycles. The largest absolute Gasteiger partial charge is 0.205 e. The Morgan fingerprint density at radius 2 is 0.763 bits per heavy atom. The van der Waals surface area contributed by atoms with E-state index in [2.05, 4.69) is 42.9 Å². The van der Waals surface area contributed by atoms with Crippen molar-refractivity contribution in [1.82, 2.24) is 0 Å². The Hall–Kier alpha value is -0.850. The van der Waals surface area contributed by atoms with Gasteiger partial charge >= 0.3 is 0 Å². The zero-order chi connectivity index (χ0) is 27.2. The smallest absolute Gasteiger partial charge is 0.171 e. The molecule has 0 aliphatic carbocycles. The molecule has 0 bridgehead atoms. The molecule has 0 spiro atoms. The van der Waals surface area contributed by atoms with Crippen LogP contribution in [0, 0.1) is 0 Å². The third-order valence-corrected chi connectivity index (χ3v) is 8.51. The van der Waals surface area contributed by atoms with Gasteiger partial charge in [0.15, 0.2) is 12.4 Å². The zero-order valence-electron chi connectivity index (χ0n) is 26.5. The number of nitrogens with zero attached hydrogens (tertiary/aromatic N) is 1. The zero-order valence-corrected chi connectivity index (χ0v) is 26.5. The quantitative estimate of drug-likeness (QED) is 0.0690. The molecule has 1 heteroatoms. The monoisotopic (exact) mass is 529 g/mol. The normalized spacial score (nSPS) is 11.4. The second kappa shape index (κ2) is 29.1. The molecule has 1 aromatic rings. The van der Waals surface area contributed by atoms with Gasteiger partial charge in [0, 0.05) is 18.1 Å². The molecule has 1 heterocycles. The highest BCUT2D eigenvalue weighted by Crippen LogP contribution is 2.15. The van der Waals surface area contributed by atoms with Crippen LogP contribution in [0.15, 0.2) is 24.5 Å². The minimum atomic E-state index is 1.20. The number of unbranched alkanes of at least 4 members (excludes halogenated alkanes) is 26. The number of rotatable bonds is 30. The maximum absolute atomic E-state index is 2.44. The van der Waals surface area contributed by atoms with Crippen molar-refractivity contribution in [1.29, 1.82) is 0 Å². The van der Waals surface area contributed by atoms with Gasteiger partial charge in [-0.3, -0.25) is 0 Å². The van der Waals surface area contributed by atoms with Crippen molar-refractivity contribution < 1.29 is 4.57 Å². The van der Waals surface area contributed by atoms with Crippen LogP contribution in [0.25, 0.3) is 0 Å². The number of aromatic nitrogens is 1. The van der Waals surface area contributed by atoms with E-state index in [1.165, 1.54) is 198 Å². The minimum Gasteiger partial charge on any atom is -0.205 e. The highest BCUT2D eigenvalue weighted by Gasteiger charge is 2.03. The molecule has 1 nitrogen and oxygen atoms in total. The molecule has 38 heavy (non-hydrogen) atoms. The summed E-state index contributed by atoms with van der Waals surface area (Å²) in [4.78, 5) is 0. The molecule has 0 fully saturated rings. The number of hydrogen-bond acceptors (Lipinski definition) is 0. The number of pyridine rings is 1. The topological polar surface area (TPSA) is 3.88 Å². The molecule has 0 saturated carbocycles. The summed E-state index contributed by atoms with van der Waals surface area (Å²) in [6.45, 7) is 5.81. The summed E-state index contributed by atoms with van der Waals surface area (Å²) >= 11 is 0. The average molecular weight is 529 g/mol. The first-order valence-corrected chi connectivity index (χ1v) is 17.8. The van der Waals surface area contributed by atoms with Gasteiger partial charge in [0.2, 0.25) is 0 Å². The van der Waals surface area contributed by atoms with E-state index < -0.39 is 0 Å². The molecule has 0 radical (unpaired) electrons. The Morgan fingerprint density at radius 1 is 0.421 bits per heavy atom. The van der Waals surface area contributed by atoms with E-state index in [9.17, 15) is 0 Å². The fourth-order valence-corrected chi connectivity index (χ4v) is 5.88. The van der Waals surface area contributed by atoms with Gasteiger partial charge in [0.25, 0.3) is 0 Å². The average Bonchev–Trinajstić information content (AvgIpc) is 2.93. The van der Waals surface area contributed by atoms with Crippen molar-refractivity contribution in [2.75, 3.05) is 0 Å². The first-order valence-electron chi connectivity index (χ1n) is 17.8. The van der Waals surface area contributed by atoms with Crippen LogP contribution in [0.3, 0.4) is 0 Å². The maximum atomic E-state index is 2.44. The van der Waals surface area contributed by atoms with Crippen molar-refractivity contribution in [3.05, 3.63) is 30.1 Å². The van der Waals surface area contributed by atoms with Crippen LogP contribution in [0.2, 0.25) is 0 Å². The molecule has 0 aromatic carbocycles. The molecule has 0 N–H and O–H groups in total. The number of hydrogen-bond donors (Lipinski definition) is 0. The lowest BCUT2D eigenvalue weighted by Gasteiger charge is -2.04. The molecule has 0 amide bonds. The van der Waals surface area contributed by atoms with Crippen molar-refractivity contribution >= 4 is 0 Å². The molecule has 0 aliphatic rings. The molecular weight excluding hydrogens is 458 g/mol. The van der Waals surface area contributed by atoms with Crippen LogP contribution in [0.4, 0.5) is 0 Å². The van der Waals surface area contributed by atoms with Gasteiger partial charge in [0.05, 0.1) is 0 Å². The minimum absolute atomic E-state index is 1.20. The summed E-state index contributed by atoms with van der Waals surface area (Å²) < 4.78 is 2.44. The second-order valence-electron chi connectivity index (χ2n) is 12.4. The third kappa shape index (κ3) is 24.2. The predicted molar refractivity (Wildman–Crippen MR) is 171 cm³/mol. The van der Waals surface area contributed by atoms with E-state index in [1.807, 2.05) is 0 Å². The second-order valence-corrected chi connectivity index (χ2v) is 12.4. The van der Waals surface area contributed by atoms with Gasteiger partial charge in [0.1, 0.15) is 6.54 Å². The van der Waals surface area contributed by atoms with E-state index in [4.69, 9.17) is 0 Å². The SMILES string of the molecule is CCCCCCCCCCCCCCCCCCc1ccc[n+](CCCCCCCCCCCCCC)c1. The summed E-state index contributed by atoms with van der Waals surface area (Å²) in [5, 5.41) is 0. The van der Waals surface area contributed by atoms with E-state index in [1.54, 1.807) is 0 Å². The molecule has 0 unspecified atom stereocenters. The summed E-state index contributed by atoms with van der Waals surface area (Å²) in [6.07, 6.45) is 46.3. The van der Waals surface area contributed by atoms with Crippen molar-refractivity contribution in [2.24, 2.45) is 0 Å². The van der Waals surface area contributed by atoms with Crippen LogP contribution in [0.5, 0.6) is 0 Å². The molecule has 1 rings (SSSR count). The standard InChI is InChI=1S/C37H70N/c1-3-5-7-9-11-13-15-17-18-19-20-21-23-25-27-29-32-37-33-31-35-38(36-37)34-30-28-26-24-22-16-14-12-10-8-6-4-2/h31,33,35-36H,3-30,32,34H2,1-2H3/q+1. The van der Waals surface area contributed by atoms with Gasteiger partial charge < -0.3 is 0 Å². The molecule has 222 valence electrons. The molecule has 1 aromatic heterocycles. The molecular formula is C37H70N+. The van der Waals surface area contributed by atoms with Gasteiger partial charge in [-0.05, 0) is 25.3 Å². The Morgan fingerprint density at radius 3 is 1.16 bits per heavy atom. The Bertz CT molecular complexity index is 580. The lowest BCUT2D eigenvalue weighted by atomic mass is 10.0. The summed E-state index contributed by atoms with van der Waals surface area (Å²) in [5.41, 5.74) is 1.54. The predicted octanol–water partition coefficient (Wildman–Crippen LogP) is 12.5. The highest BCUT2D eigenvalue weighted by molar-refractivity contribution is 5.05. The van der Waals surface area contributed by atoms with Crippen molar-refractivity contribution in [3.8, 4) is 0 Å². The van der Waals surface area contributed by atoms with Crippen LogP contribution >= 0.6 is 0 Å². The fourth-order valence-electron chi connectivity index (χ4n) is 5.88. The van der Waals surface area contributed by atoms with Crippen LogP contribution in [0.1, 0.15) is 199 Å². The lowest BCUT2D eigenvalue weighted by Crippen LogP contribution is -2.33. The van der Waals surface area contributed by atoms with Crippen molar-refractivity contribution in [2.45, 2.75) is 207 Å². The number of aryl methyl sites for hydroxylation is 2. The van der Waals surface area contributed by atoms with E-state index in [0.29, 0.717) is 0 Å². The Balaban J connectivity index is 1.87. The lowest BCUT2D eigenvalue weighted by molar-refractivity contribution is -0.697. The van der Waals surface area contributed by atoms with Crippen molar-refractivity contribution in [3.63, 3.8) is 0 Å². The van der Waals surface area contributed by atoms with Gasteiger partial charge in [-0.25, -0.2) is 4.57 Å². The summed E-state index contributed by atoms with van der Waals surface area (Å²) in [7, 11) is 0. The van der Waals surface area contributed by atoms with Gasteiger partial charge in [-0.15, -0.1) is 0 Å². The first kappa shape index (κ1) is 35.2. The Kier molecular flexibility index (Phi) is 27.0. The van der Waals surface area contributed by atoms with Gasteiger partial charge in [-0.1, -0.05) is 174 Å². The highest BCUT2D eigenvalue weighted by atomic mass is 14.9. The molecule has 0 atom stereocenters. The van der Waals surface area contributed by atoms with Crippen LogP contribution in [-0.2, 0) is 13.0 Å². The van der Waals surface area contributed by atoms with E-state index in [0.717, 1.165) is 0 Å². The van der Waals surface area contributed by atoms with E-state index >= 15 is 0 Å². The van der Waals surface area contributed by atoms with Crippen LogP contribution in [-0.4, -0.2) is 0 Å². The molecule has 0 aliphatic heterocycles. The van der Waals surface area contributed by atoms with Crippen LogP contribution < -0.4 is 4.57 Å². The summed E-state index contributed by atoms with van der Waals surface area (Å²) in [6, 6.07) is 4.60. The van der Waals surface area contributed by atoms with E-state index in [-0.39, 0.29) is 0 Å². The van der Waals surface area contributed by atoms with Gasteiger partial charge in [-0.2, -0.15) is 0 Å². The third-order valence-electron chi connectivity index (χ3n) is 8.51.